The highest BCUT2D eigenvalue weighted by Crippen LogP contribution is 2.35. The Labute approximate surface area is 67.8 Å². The molecule has 1 fully saturated rings. The van der Waals surface area contributed by atoms with E-state index in [9.17, 15) is 0 Å². The number of rotatable bonds is 5. The summed E-state index contributed by atoms with van der Waals surface area (Å²) >= 11 is 0. The van der Waals surface area contributed by atoms with Gasteiger partial charge in [-0.15, -0.1) is 0 Å². The van der Waals surface area contributed by atoms with Crippen molar-refractivity contribution in [2.24, 2.45) is 0 Å². The molecule has 0 N–H and O–H groups in total. The van der Waals surface area contributed by atoms with Gasteiger partial charge in [0, 0.05) is 0 Å². The third kappa shape index (κ3) is 2.99. The minimum Gasteiger partial charge on any atom is -0.460 e. The van der Waals surface area contributed by atoms with Crippen LogP contribution >= 0.6 is 0 Å². The molecule has 10 heavy (non-hydrogen) atoms. The molecule has 1 aliphatic carbocycles. The molecule has 0 aliphatic heterocycles. The van der Waals surface area contributed by atoms with Crippen LogP contribution in [0.2, 0.25) is 17.6 Å². The molecule has 1 nitrogen and oxygen atoms in total. The summed E-state index contributed by atoms with van der Waals surface area (Å²) in [5.74, 6) is 0. The van der Waals surface area contributed by atoms with Gasteiger partial charge in [-0.1, -0.05) is 26.7 Å². The van der Waals surface area contributed by atoms with Crippen molar-refractivity contribution < 1.29 is 4.12 Å². The van der Waals surface area contributed by atoms with E-state index in [1.807, 2.05) is 0 Å². The van der Waals surface area contributed by atoms with Crippen LogP contribution in [0.4, 0.5) is 0 Å². The van der Waals surface area contributed by atoms with Gasteiger partial charge in [0.25, 0.3) is 0 Å². The minimum absolute atomic E-state index is 0.0670. The van der Waals surface area contributed by atoms with Crippen LogP contribution in [0.3, 0.4) is 0 Å². The molecule has 0 aromatic heterocycles. The van der Waals surface area contributed by atoms with Crippen LogP contribution in [-0.4, -0.2) is 18.8 Å². The van der Waals surface area contributed by atoms with Crippen molar-refractivity contribution in [3.05, 3.63) is 0 Å². The zero-order chi connectivity index (χ0) is 7.40. The average molecular weight is 173 g/mol. The molecule has 1 aliphatic rings. The third-order valence-corrected chi connectivity index (χ3v) is 7.17. The van der Waals surface area contributed by atoms with Crippen molar-refractivity contribution in [1.29, 1.82) is 0 Å². The molecule has 0 spiro atoms. The lowest BCUT2D eigenvalue weighted by molar-refractivity contribution is 0.602. The van der Waals surface area contributed by atoms with Gasteiger partial charge in [0.2, 0.25) is 0 Å². The van der Waals surface area contributed by atoms with Gasteiger partial charge in [-0.05, 0) is 17.6 Å². The molecule has 1 saturated carbocycles. The second-order valence-electron chi connectivity index (χ2n) is 3.00. The molecule has 0 unspecified atom stereocenters. The summed E-state index contributed by atoms with van der Waals surface area (Å²) in [6, 6.07) is 2.61. The fourth-order valence-electron chi connectivity index (χ4n) is 0.974. The van der Waals surface area contributed by atoms with Crippen LogP contribution in [0.25, 0.3) is 0 Å². The highest BCUT2D eigenvalue weighted by Gasteiger charge is 2.23. The highest BCUT2D eigenvalue weighted by atomic mass is 28.3. The molecule has 0 aromatic rings. The largest absolute Gasteiger partial charge is 0.460 e. The van der Waals surface area contributed by atoms with Crippen LogP contribution < -0.4 is 0 Å². The van der Waals surface area contributed by atoms with E-state index >= 15 is 0 Å². The first-order chi connectivity index (χ1) is 4.86. The van der Waals surface area contributed by atoms with Gasteiger partial charge in [-0.25, -0.2) is 0 Å². The molecule has 0 heterocycles. The Bertz CT molecular complexity index is 89.6. The van der Waals surface area contributed by atoms with Crippen molar-refractivity contribution in [2.75, 3.05) is 0 Å². The van der Waals surface area contributed by atoms with Gasteiger partial charge < -0.3 is 4.12 Å². The lowest BCUT2D eigenvalue weighted by Crippen LogP contribution is -2.17. The summed E-state index contributed by atoms with van der Waals surface area (Å²) in [5, 5.41) is 0. The van der Waals surface area contributed by atoms with Crippen LogP contribution in [0.15, 0.2) is 0 Å². The number of hydrogen-bond donors (Lipinski definition) is 0. The van der Waals surface area contributed by atoms with Gasteiger partial charge >= 0.3 is 0 Å². The molecule has 0 bridgehead atoms. The summed E-state index contributed by atoms with van der Waals surface area (Å²) in [5.41, 5.74) is 1.08. The second-order valence-corrected chi connectivity index (χ2v) is 8.13. The van der Waals surface area contributed by atoms with E-state index < -0.39 is 0 Å². The van der Waals surface area contributed by atoms with E-state index in [1.54, 1.807) is 0 Å². The Morgan fingerprint density at radius 1 is 1.40 bits per heavy atom. The Hall–Kier alpha value is 0.394. The average Bonchev–Trinajstić information content (AvgIpc) is 2.74. The van der Waals surface area contributed by atoms with Gasteiger partial charge in [-0.2, -0.15) is 0 Å². The predicted molar refractivity (Wildman–Crippen MR) is 49.3 cm³/mol. The zero-order valence-corrected chi connectivity index (χ0v) is 9.44. The van der Waals surface area contributed by atoms with E-state index in [-0.39, 0.29) is 18.8 Å². The van der Waals surface area contributed by atoms with E-state index in [1.165, 1.54) is 24.9 Å². The topological polar surface area (TPSA) is 9.23 Å². The van der Waals surface area contributed by atoms with Gasteiger partial charge in [0.05, 0.1) is 0 Å². The first-order valence-corrected chi connectivity index (χ1v) is 7.56. The Morgan fingerprint density at radius 3 is 2.40 bits per heavy atom. The van der Waals surface area contributed by atoms with Crippen LogP contribution in [0.1, 0.15) is 26.7 Å². The summed E-state index contributed by atoms with van der Waals surface area (Å²) in [4.78, 5) is 0. The molecule has 0 aromatic carbocycles. The fraction of sp³-hybridized carbons (Fsp3) is 1.00. The van der Waals surface area contributed by atoms with Gasteiger partial charge in [0.1, 0.15) is 9.76 Å². The maximum absolute atomic E-state index is 5.91. The fourth-order valence-corrected chi connectivity index (χ4v) is 5.56. The zero-order valence-electron chi connectivity index (χ0n) is 7.02. The monoisotopic (exact) mass is 173 g/mol. The summed E-state index contributed by atoms with van der Waals surface area (Å²) in [6.45, 7) is 4.53. The number of hydrogen-bond acceptors (Lipinski definition) is 1. The van der Waals surface area contributed by atoms with E-state index in [0.29, 0.717) is 0 Å². The normalized spacial score (nSPS) is 19.5. The molecule has 59 valence electrons. The Kier molecular flexibility index (Phi) is 3.66. The first kappa shape index (κ1) is 8.49. The van der Waals surface area contributed by atoms with E-state index in [4.69, 9.17) is 4.12 Å². The molecule has 0 atom stereocenters. The molecule has 1 rings (SSSR count). The van der Waals surface area contributed by atoms with E-state index in [2.05, 4.69) is 13.8 Å². The second kappa shape index (κ2) is 4.31. The molecule has 0 saturated heterocycles. The summed E-state index contributed by atoms with van der Waals surface area (Å²) in [7, 11) is -0.384. The van der Waals surface area contributed by atoms with Crippen LogP contribution in [0.5, 0.6) is 0 Å². The SMILES string of the molecule is CC[Si](CC)O[SiH2]C1CC1. The highest BCUT2D eigenvalue weighted by molar-refractivity contribution is 6.59. The molecule has 3 heteroatoms. The smallest absolute Gasteiger partial charge is 0.197 e. The molecular formula is C7H17OSi2. The summed E-state index contributed by atoms with van der Waals surface area (Å²) in [6.07, 6.45) is 2.96. The summed E-state index contributed by atoms with van der Waals surface area (Å²) < 4.78 is 5.91. The Morgan fingerprint density at radius 2 is 2.00 bits per heavy atom. The van der Waals surface area contributed by atoms with Gasteiger partial charge in [0.15, 0.2) is 9.04 Å². The van der Waals surface area contributed by atoms with Crippen molar-refractivity contribution in [1.82, 2.24) is 0 Å². The Balaban J connectivity index is 1.97. The van der Waals surface area contributed by atoms with Crippen molar-refractivity contribution in [3.63, 3.8) is 0 Å². The van der Waals surface area contributed by atoms with E-state index in [0.717, 1.165) is 5.54 Å². The maximum atomic E-state index is 5.91. The third-order valence-electron chi connectivity index (χ3n) is 2.01. The predicted octanol–water partition coefficient (Wildman–Crippen LogP) is 1.70. The van der Waals surface area contributed by atoms with Gasteiger partial charge in [-0.3, -0.25) is 0 Å². The quantitative estimate of drug-likeness (QED) is 0.575. The lowest BCUT2D eigenvalue weighted by Gasteiger charge is -2.10. The van der Waals surface area contributed by atoms with Crippen LogP contribution in [0, 0.1) is 0 Å². The van der Waals surface area contributed by atoms with Crippen molar-refractivity contribution >= 4 is 18.8 Å². The van der Waals surface area contributed by atoms with Crippen molar-refractivity contribution in [3.8, 4) is 0 Å². The first-order valence-electron chi connectivity index (χ1n) is 4.34. The lowest BCUT2D eigenvalue weighted by atomic mass is 11.0. The minimum atomic E-state index is -0.317. The standard InChI is InChI=1S/C7H17OSi2/c1-3-10(4-2)8-9-7-5-6-7/h7H,3-6,9H2,1-2H3. The molecule has 0 amide bonds. The van der Waals surface area contributed by atoms with Crippen molar-refractivity contribution in [2.45, 2.75) is 44.3 Å². The molecule has 1 radical (unpaired) electrons. The molecular weight excluding hydrogens is 156 g/mol. The van der Waals surface area contributed by atoms with Crippen LogP contribution in [-0.2, 0) is 4.12 Å². The maximum Gasteiger partial charge on any atom is 0.197 e.